The number of nitrogens with zero attached hydrogens (tertiary/aromatic N) is 1. The van der Waals surface area contributed by atoms with E-state index in [2.05, 4.69) is 19.1 Å². The van der Waals surface area contributed by atoms with Gasteiger partial charge in [0.05, 0.1) is 0 Å². The predicted octanol–water partition coefficient (Wildman–Crippen LogP) is 1.32. The Hall–Kier alpha value is -0.880. The first-order valence-electron chi connectivity index (χ1n) is 7.88. The second-order valence-corrected chi connectivity index (χ2v) is 6.37. The van der Waals surface area contributed by atoms with Gasteiger partial charge in [-0.25, -0.2) is 0 Å². The highest BCUT2D eigenvalue weighted by Crippen LogP contribution is 2.15. The summed E-state index contributed by atoms with van der Waals surface area (Å²) in [6.07, 6.45) is 10.9. The number of ketones is 1. The van der Waals surface area contributed by atoms with Gasteiger partial charge in [0.25, 0.3) is 0 Å². The van der Waals surface area contributed by atoms with Crippen molar-refractivity contribution < 1.29 is 33.3 Å². The van der Waals surface area contributed by atoms with Gasteiger partial charge >= 0.3 is 0 Å². The Kier molecular flexibility index (Phi) is 9.48. The molecule has 0 saturated carbocycles. The number of carbonyl (C=O) groups is 1. The van der Waals surface area contributed by atoms with Crippen LogP contribution in [0.5, 0.6) is 0 Å². The lowest BCUT2D eigenvalue weighted by Gasteiger charge is -2.02. The molecule has 0 N–H and O–H groups in total. The second kappa shape index (κ2) is 10.8. The normalized spacial score (nSPS) is 10.2. The van der Waals surface area contributed by atoms with Gasteiger partial charge in [-0.1, -0.05) is 31.9 Å². The molecule has 124 valence electrons. The molecule has 0 bridgehead atoms. The van der Waals surface area contributed by atoms with Crippen molar-refractivity contribution in [2.24, 2.45) is 0 Å². The smallest absolute Gasteiger partial charge is 0.227 e. The van der Waals surface area contributed by atoms with E-state index in [9.17, 15) is 4.79 Å². The van der Waals surface area contributed by atoms with Crippen molar-refractivity contribution in [2.45, 2.75) is 44.0 Å². The average Bonchev–Trinajstić information content (AvgIpc) is 2.57. The third kappa shape index (κ3) is 6.63. The Morgan fingerprint density at radius 3 is 2.26 bits per heavy atom. The number of unbranched alkanes of at least 4 members (excludes halogenated alkanes) is 2. The van der Waals surface area contributed by atoms with Crippen molar-refractivity contribution in [1.29, 1.82) is 0 Å². The number of hydrogen-bond acceptors (Lipinski definition) is 2. The van der Waals surface area contributed by atoms with Crippen LogP contribution in [-0.4, -0.2) is 12.0 Å². The van der Waals surface area contributed by atoms with Crippen LogP contribution in [0.1, 0.15) is 42.1 Å². The summed E-state index contributed by atoms with van der Waals surface area (Å²) in [4.78, 5) is 13.5. The Balaban J connectivity index is 0.00000264. The maximum atomic E-state index is 12.3. The van der Waals surface area contributed by atoms with Crippen molar-refractivity contribution in [3.8, 4) is 0 Å². The van der Waals surface area contributed by atoms with Crippen molar-refractivity contribution in [3.05, 3.63) is 59.9 Å². The first-order chi connectivity index (χ1) is 10.7. The number of aromatic nitrogens is 1. The fourth-order valence-electron chi connectivity index (χ4n) is 2.37. The lowest BCUT2D eigenvalue weighted by Crippen LogP contribution is -3.00. The lowest BCUT2D eigenvalue weighted by molar-refractivity contribution is -0.683. The molecule has 0 unspecified atom stereocenters. The molecule has 0 fully saturated rings. The quantitative estimate of drug-likeness (QED) is 0.203. The molecule has 4 heteroatoms. The van der Waals surface area contributed by atoms with Crippen LogP contribution in [0.2, 0.25) is 0 Å². The molecule has 0 aliphatic heterocycles. The van der Waals surface area contributed by atoms with Gasteiger partial charge in [-0.2, -0.15) is 4.57 Å². The minimum absolute atomic E-state index is 0. The molecule has 2 rings (SSSR count). The van der Waals surface area contributed by atoms with Crippen LogP contribution in [0.4, 0.5) is 0 Å². The van der Waals surface area contributed by atoms with Crippen LogP contribution in [-0.2, 0) is 13.0 Å². The number of hydrogen-bond donors (Lipinski definition) is 0. The first-order valence-corrected chi connectivity index (χ1v) is 9.10. The van der Waals surface area contributed by atoms with E-state index < -0.39 is 0 Å². The van der Waals surface area contributed by atoms with Gasteiger partial charge in [0, 0.05) is 22.6 Å². The second-order valence-electron chi connectivity index (χ2n) is 5.49. The Bertz CT molecular complexity index is 596. The lowest BCUT2D eigenvalue weighted by atomic mass is 10.1. The Morgan fingerprint density at radius 1 is 1.04 bits per heavy atom. The molecule has 0 amide bonds. The van der Waals surface area contributed by atoms with Crippen LogP contribution in [0.15, 0.2) is 53.7 Å². The topological polar surface area (TPSA) is 20.9 Å². The number of halogens is 1. The molecule has 2 aromatic rings. The molecule has 1 heterocycles. The summed E-state index contributed by atoms with van der Waals surface area (Å²) >= 11 is 1.69. The van der Waals surface area contributed by atoms with E-state index in [-0.39, 0.29) is 29.8 Å². The van der Waals surface area contributed by atoms with E-state index >= 15 is 0 Å². The number of aryl methyl sites for hydroxylation is 1. The molecule has 23 heavy (non-hydrogen) atoms. The number of carbonyl (C=O) groups excluding carboxylic acids is 1. The number of rotatable bonds is 8. The van der Waals surface area contributed by atoms with Crippen LogP contribution in [0.25, 0.3) is 0 Å². The third-order valence-corrected chi connectivity index (χ3v) is 4.51. The number of pyridine rings is 1. The van der Waals surface area contributed by atoms with Gasteiger partial charge in [-0.3, -0.25) is 4.79 Å². The summed E-state index contributed by atoms with van der Waals surface area (Å²) in [7, 11) is 0. The van der Waals surface area contributed by atoms with E-state index in [0.717, 1.165) is 12.0 Å². The maximum absolute atomic E-state index is 12.3. The number of thioether (sulfide) groups is 1. The highest BCUT2D eigenvalue weighted by atomic mass is 127. The van der Waals surface area contributed by atoms with Crippen molar-refractivity contribution in [3.63, 3.8) is 0 Å². The van der Waals surface area contributed by atoms with Gasteiger partial charge in [0.1, 0.15) is 0 Å². The minimum atomic E-state index is 0. The molecule has 0 atom stereocenters. The summed E-state index contributed by atoms with van der Waals surface area (Å²) in [5.74, 6) is 0.149. The zero-order valence-corrected chi connectivity index (χ0v) is 16.8. The molecule has 0 spiro atoms. The Labute approximate surface area is 160 Å². The molecule has 0 aliphatic rings. The van der Waals surface area contributed by atoms with E-state index in [0.29, 0.717) is 6.54 Å². The summed E-state index contributed by atoms with van der Waals surface area (Å²) in [6, 6.07) is 12.1. The fourth-order valence-corrected chi connectivity index (χ4v) is 2.78. The van der Waals surface area contributed by atoms with Crippen molar-refractivity contribution in [1.82, 2.24) is 0 Å². The van der Waals surface area contributed by atoms with Gasteiger partial charge < -0.3 is 24.0 Å². The predicted molar refractivity (Wildman–Crippen MR) is 92.4 cm³/mol. The highest BCUT2D eigenvalue weighted by molar-refractivity contribution is 7.98. The zero-order valence-electron chi connectivity index (χ0n) is 13.8. The molecular weight excluding hydrogens is 417 g/mol. The van der Waals surface area contributed by atoms with Crippen molar-refractivity contribution in [2.75, 3.05) is 6.26 Å². The molecule has 0 radical (unpaired) electrons. The summed E-state index contributed by atoms with van der Waals surface area (Å²) in [5, 5.41) is 0. The van der Waals surface area contributed by atoms with Crippen LogP contribution in [0.3, 0.4) is 0 Å². The minimum Gasteiger partial charge on any atom is -1.00 e. The maximum Gasteiger partial charge on any atom is 0.227 e. The van der Waals surface area contributed by atoms with Crippen LogP contribution >= 0.6 is 11.8 Å². The summed E-state index contributed by atoms with van der Waals surface area (Å²) in [5.41, 5.74) is 2.12. The third-order valence-electron chi connectivity index (χ3n) is 3.77. The van der Waals surface area contributed by atoms with Gasteiger partial charge in [-0.15, -0.1) is 11.8 Å². The Morgan fingerprint density at radius 2 is 1.70 bits per heavy atom. The number of Topliss-reactive ketones (excluding diaryl/α,β-unsaturated/α-hetero) is 1. The first kappa shape index (κ1) is 20.2. The standard InChI is InChI=1S/C19H24NOS.HI/c1-3-4-5-6-16-11-13-20(14-12-16)15-19(21)17-7-9-18(22-2)10-8-17;/h7-14H,3-6,15H2,1-2H3;1H/q+1;/p-1. The summed E-state index contributed by atoms with van der Waals surface area (Å²) in [6.45, 7) is 2.62. The van der Waals surface area contributed by atoms with Crippen molar-refractivity contribution >= 4 is 17.5 Å². The molecule has 0 saturated heterocycles. The fraction of sp³-hybridized carbons (Fsp3) is 0.368. The summed E-state index contributed by atoms with van der Waals surface area (Å²) < 4.78 is 1.95. The van der Waals surface area contributed by atoms with Crippen LogP contribution < -0.4 is 28.5 Å². The SMILES string of the molecule is CCCCCc1cc[n+](CC(=O)c2ccc(SC)cc2)cc1.[I-]. The highest BCUT2D eigenvalue weighted by Gasteiger charge is 2.11. The molecule has 0 aliphatic carbocycles. The van der Waals surface area contributed by atoms with E-state index in [1.54, 1.807) is 11.8 Å². The van der Waals surface area contributed by atoms with E-state index in [4.69, 9.17) is 0 Å². The van der Waals surface area contributed by atoms with Gasteiger partial charge in [0.15, 0.2) is 12.4 Å². The molecule has 2 nitrogen and oxygen atoms in total. The molecular formula is C19H24INOS. The van der Waals surface area contributed by atoms with E-state index in [1.165, 1.54) is 29.7 Å². The average molecular weight is 441 g/mol. The number of benzene rings is 1. The largest absolute Gasteiger partial charge is 1.00 e. The van der Waals surface area contributed by atoms with Gasteiger partial charge in [-0.05, 0) is 36.8 Å². The van der Waals surface area contributed by atoms with Crippen LogP contribution in [0, 0.1) is 0 Å². The van der Waals surface area contributed by atoms with E-state index in [1.807, 2.05) is 47.5 Å². The zero-order chi connectivity index (χ0) is 15.8. The monoisotopic (exact) mass is 441 g/mol. The molecule has 1 aromatic carbocycles. The van der Waals surface area contributed by atoms with Gasteiger partial charge in [0.2, 0.25) is 12.3 Å². The molecule has 1 aromatic heterocycles.